The van der Waals surface area contributed by atoms with Gasteiger partial charge in [0.1, 0.15) is 6.04 Å². The summed E-state index contributed by atoms with van der Waals surface area (Å²) in [7, 11) is 0. The third-order valence-electron chi connectivity index (χ3n) is 3.98. The summed E-state index contributed by atoms with van der Waals surface area (Å²) in [5.74, 6) is -0.727. The molecule has 0 aromatic heterocycles. The first-order chi connectivity index (χ1) is 9.72. The predicted octanol–water partition coefficient (Wildman–Crippen LogP) is 2.05. The molecule has 1 atom stereocenters. The fourth-order valence-electron chi connectivity index (χ4n) is 2.84. The zero-order valence-corrected chi connectivity index (χ0v) is 11.8. The molecule has 2 rings (SSSR count). The fourth-order valence-corrected chi connectivity index (χ4v) is 2.84. The molecule has 0 spiro atoms. The molecule has 1 unspecified atom stereocenters. The number of fused-ring (bicyclic) bond motifs is 1. The summed E-state index contributed by atoms with van der Waals surface area (Å²) >= 11 is 0. The van der Waals surface area contributed by atoms with Crippen LogP contribution in [0.1, 0.15) is 36.8 Å². The third-order valence-corrected chi connectivity index (χ3v) is 3.98. The third kappa shape index (κ3) is 3.81. The van der Waals surface area contributed by atoms with Gasteiger partial charge in [0.2, 0.25) is 0 Å². The van der Waals surface area contributed by atoms with Crippen molar-refractivity contribution in [1.82, 2.24) is 4.90 Å². The lowest BCUT2D eigenvalue weighted by Gasteiger charge is -2.34. The van der Waals surface area contributed by atoms with E-state index in [1.54, 1.807) is 0 Å². The van der Waals surface area contributed by atoms with Gasteiger partial charge < -0.3 is 10.2 Å². The molecular formula is C16H23NO3. The van der Waals surface area contributed by atoms with Crippen LogP contribution < -0.4 is 0 Å². The van der Waals surface area contributed by atoms with Crippen LogP contribution in [0.2, 0.25) is 0 Å². The zero-order chi connectivity index (χ0) is 14.4. The lowest BCUT2D eigenvalue weighted by molar-refractivity contribution is -0.144. The molecule has 1 aliphatic rings. The van der Waals surface area contributed by atoms with Crippen LogP contribution in [-0.2, 0) is 17.8 Å². The molecule has 20 heavy (non-hydrogen) atoms. The van der Waals surface area contributed by atoms with Gasteiger partial charge in [-0.2, -0.15) is 0 Å². The Balaban J connectivity index is 1.94. The summed E-state index contributed by atoms with van der Waals surface area (Å²) in [6.07, 6.45) is 4.49. The van der Waals surface area contributed by atoms with E-state index in [0.717, 1.165) is 44.3 Å². The van der Waals surface area contributed by atoms with Gasteiger partial charge in [0.05, 0.1) is 0 Å². The van der Waals surface area contributed by atoms with Crippen LogP contribution in [0.15, 0.2) is 24.3 Å². The predicted molar refractivity (Wildman–Crippen MR) is 77.5 cm³/mol. The van der Waals surface area contributed by atoms with Crippen molar-refractivity contribution in [3.8, 4) is 0 Å². The lowest BCUT2D eigenvalue weighted by atomic mass is 9.93. The van der Waals surface area contributed by atoms with Gasteiger partial charge in [0.25, 0.3) is 0 Å². The highest BCUT2D eigenvalue weighted by molar-refractivity contribution is 5.74. The van der Waals surface area contributed by atoms with Gasteiger partial charge in [0, 0.05) is 13.2 Å². The number of hydrogen-bond acceptors (Lipinski definition) is 3. The van der Waals surface area contributed by atoms with E-state index in [1.165, 1.54) is 5.56 Å². The maximum absolute atomic E-state index is 11.4. The highest BCUT2D eigenvalue weighted by Crippen LogP contribution is 2.23. The largest absolute Gasteiger partial charge is 0.480 e. The minimum atomic E-state index is -0.727. The van der Waals surface area contributed by atoms with Crippen LogP contribution >= 0.6 is 0 Å². The first-order valence-corrected chi connectivity index (χ1v) is 7.37. The Kier molecular flexibility index (Phi) is 5.56. The van der Waals surface area contributed by atoms with Gasteiger partial charge in [-0.1, -0.05) is 37.1 Å². The molecule has 0 fully saturated rings. The fraction of sp³-hybridized carbons (Fsp3) is 0.562. The van der Waals surface area contributed by atoms with Gasteiger partial charge in [-0.25, -0.2) is 0 Å². The summed E-state index contributed by atoms with van der Waals surface area (Å²) in [4.78, 5) is 13.5. The Labute approximate surface area is 120 Å². The quantitative estimate of drug-likeness (QED) is 0.749. The summed E-state index contributed by atoms with van der Waals surface area (Å²) in [6, 6.07) is 7.71. The zero-order valence-electron chi connectivity index (χ0n) is 11.8. The number of rotatable bonds is 7. The van der Waals surface area contributed by atoms with Crippen LogP contribution in [0, 0.1) is 0 Å². The standard InChI is InChI=1S/C16H23NO3/c18-10-6-2-1-5-9-17-12-14-8-4-3-7-13(14)11-15(17)16(19)20/h3-4,7-8,15,18H,1-2,5-6,9-12H2,(H,19,20). The van der Waals surface area contributed by atoms with Crippen molar-refractivity contribution in [2.45, 2.75) is 44.7 Å². The van der Waals surface area contributed by atoms with Crippen LogP contribution in [-0.4, -0.2) is 40.3 Å². The van der Waals surface area contributed by atoms with E-state index < -0.39 is 12.0 Å². The number of benzene rings is 1. The van der Waals surface area contributed by atoms with Crippen molar-refractivity contribution in [1.29, 1.82) is 0 Å². The minimum Gasteiger partial charge on any atom is -0.480 e. The van der Waals surface area contributed by atoms with E-state index in [-0.39, 0.29) is 6.61 Å². The number of aliphatic carboxylic acids is 1. The number of carboxylic acids is 1. The Bertz CT molecular complexity index is 447. The smallest absolute Gasteiger partial charge is 0.321 e. The Morgan fingerprint density at radius 2 is 1.85 bits per heavy atom. The average molecular weight is 277 g/mol. The second-order valence-corrected chi connectivity index (χ2v) is 5.44. The maximum atomic E-state index is 11.4. The lowest BCUT2D eigenvalue weighted by Crippen LogP contribution is -2.45. The Morgan fingerprint density at radius 3 is 2.55 bits per heavy atom. The van der Waals surface area contributed by atoms with Crippen LogP contribution in [0.25, 0.3) is 0 Å². The molecule has 0 radical (unpaired) electrons. The Morgan fingerprint density at radius 1 is 1.15 bits per heavy atom. The molecule has 0 amide bonds. The highest BCUT2D eigenvalue weighted by atomic mass is 16.4. The molecule has 0 bridgehead atoms. The molecule has 1 aromatic carbocycles. The molecule has 0 saturated heterocycles. The normalized spacial score (nSPS) is 18.8. The first kappa shape index (κ1) is 15.0. The van der Waals surface area contributed by atoms with Crippen LogP contribution in [0.5, 0.6) is 0 Å². The van der Waals surface area contributed by atoms with Crippen molar-refractivity contribution in [3.05, 3.63) is 35.4 Å². The van der Waals surface area contributed by atoms with E-state index in [9.17, 15) is 9.90 Å². The van der Waals surface area contributed by atoms with Crippen molar-refractivity contribution in [2.24, 2.45) is 0 Å². The van der Waals surface area contributed by atoms with Gasteiger partial charge in [-0.15, -0.1) is 0 Å². The Hall–Kier alpha value is -1.39. The molecule has 4 heteroatoms. The highest BCUT2D eigenvalue weighted by Gasteiger charge is 2.30. The van der Waals surface area contributed by atoms with Crippen molar-refractivity contribution >= 4 is 5.97 Å². The van der Waals surface area contributed by atoms with E-state index in [2.05, 4.69) is 11.0 Å². The molecule has 1 heterocycles. The number of unbranched alkanes of at least 4 members (excludes halogenated alkanes) is 3. The number of carboxylic acid groups (broad SMARTS) is 1. The summed E-state index contributed by atoms with van der Waals surface area (Å²) in [6.45, 7) is 1.79. The number of aliphatic hydroxyl groups excluding tert-OH is 1. The summed E-state index contributed by atoms with van der Waals surface area (Å²) in [5.41, 5.74) is 2.41. The molecule has 2 N–H and O–H groups in total. The van der Waals surface area contributed by atoms with E-state index in [0.29, 0.717) is 6.42 Å². The molecule has 0 saturated carbocycles. The topological polar surface area (TPSA) is 60.8 Å². The monoisotopic (exact) mass is 277 g/mol. The van der Waals surface area contributed by atoms with Crippen LogP contribution in [0.3, 0.4) is 0 Å². The second-order valence-electron chi connectivity index (χ2n) is 5.44. The molecular weight excluding hydrogens is 254 g/mol. The van der Waals surface area contributed by atoms with Gasteiger partial charge in [-0.05, 0) is 36.9 Å². The summed E-state index contributed by atoms with van der Waals surface area (Å²) < 4.78 is 0. The van der Waals surface area contributed by atoms with E-state index in [4.69, 9.17) is 5.11 Å². The first-order valence-electron chi connectivity index (χ1n) is 7.37. The minimum absolute atomic E-state index is 0.245. The molecule has 110 valence electrons. The SMILES string of the molecule is O=C(O)C1Cc2ccccc2CN1CCCCCCO. The van der Waals surface area contributed by atoms with Crippen molar-refractivity contribution in [2.75, 3.05) is 13.2 Å². The molecule has 4 nitrogen and oxygen atoms in total. The molecule has 0 aliphatic carbocycles. The maximum Gasteiger partial charge on any atom is 0.321 e. The number of aliphatic hydroxyl groups is 1. The van der Waals surface area contributed by atoms with Gasteiger partial charge >= 0.3 is 5.97 Å². The molecule has 1 aliphatic heterocycles. The van der Waals surface area contributed by atoms with E-state index in [1.807, 2.05) is 18.2 Å². The van der Waals surface area contributed by atoms with Crippen LogP contribution in [0.4, 0.5) is 0 Å². The van der Waals surface area contributed by atoms with E-state index >= 15 is 0 Å². The van der Waals surface area contributed by atoms with Crippen molar-refractivity contribution in [3.63, 3.8) is 0 Å². The number of carbonyl (C=O) groups is 1. The molecule has 1 aromatic rings. The van der Waals surface area contributed by atoms with Gasteiger partial charge in [-0.3, -0.25) is 9.69 Å². The second kappa shape index (κ2) is 7.41. The van der Waals surface area contributed by atoms with Crippen molar-refractivity contribution < 1.29 is 15.0 Å². The number of hydrogen-bond donors (Lipinski definition) is 2. The summed E-state index contributed by atoms with van der Waals surface area (Å²) in [5, 5.41) is 18.2. The number of nitrogens with zero attached hydrogens (tertiary/aromatic N) is 1. The average Bonchev–Trinajstić information content (AvgIpc) is 2.46. The van der Waals surface area contributed by atoms with Gasteiger partial charge in [0.15, 0.2) is 0 Å².